The molecule has 9 rings (SSSR count). The number of ether oxygens (including phenoxy) is 3. The van der Waals surface area contributed by atoms with Crippen molar-refractivity contribution in [1.82, 2.24) is 48.1 Å². The lowest BCUT2D eigenvalue weighted by Gasteiger charge is -2.37. The number of alkyl halides is 6. The topological polar surface area (TPSA) is 237 Å². The Morgan fingerprint density at radius 1 is 0.602 bits per heavy atom. The van der Waals surface area contributed by atoms with Gasteiger partial charge in [0, 0.05) is 75.1 Å². The molecule has 83 heavy (non-hydrogen) atoms. The second-order valence-corrected chi connectivity index (χ2v) is 22.3. The van der Waals surface area contributed by atoms with Gasteiger partial charge < -0.3 is 53.6 Å². The van der Waals surface area contributed by atoms with E-state index in [0.717, 1.165) is 46.5 Å². The van der Waals surface area contributed by atoms with Gasteiger partial charge in [0.25, 0.3) is 11.1 Å². The highest BCUT2D eigenvalue weighted by Gasteiger charge is 2.34. The van der Waals surface area contributed by atoms with E-state index < -0.39 is 69.8 Å². The molecule has 23 nitrogen and oxygen atoms in total. The molecule has 2 N–H and O–H groups in total. The highest BCUT2D eigenvalue weighted by atomic mass is 79.9. The largest absolute Gasteiger partial charge is 0.444 e. The normalized spacial score (nSPS) is 15.4. The minimum atomic E-state index is -4.50. The van der Waals surface area contributed by atoms with Crippen molar-refractivity contribution >= 4 is 79.8 Å². The maximum Gasteiger partial charge on any atom is 0.416 e. The summed E-state index contributed by atoms with van der Waals surface area (Å²) in [5, 5.41) is 13.8. The summed E-state index contributed by atoms with van der Waals surface area (Å²) in [5.74, 6) is -0.470. The summed E-state index contributed by atoms with van der Waals surface area (Å²) >= 11 is 3.17. The minimum Gasteiger partial charge on any atom is -0.444 e. The first kappa shape index (κ1) is 61.1. The van der Waals surface area contributed by atoms with E-state index in [1.165, 1.54) is 21.2 Å². The molecule has 6 aromatic rings. The number of carbonyl (C=O) groups is 4. The molecule has 3 aliphatic heterocycles. The molecule has 2 aromatic carbocycles. The summed E-state index contributed by atoms with van der Waals surface area (Å²) in [6.07, 6.45) is -7.47. The molecule has 446 valence electrons. The Morgan fingerprint density at radius 3 is 1.37 bits per heavy atom. The molecular formula is C53H61BrF6N14O9. The Morgan fingerprint density at radius 2 is 1.00 bits per heavy atom. The average molecular weight is 1230 g/mol. The number of amides is 4. The zero-order chi connectivity index (χ0) is 60.5. The smallest absolute Gasteiger partial charge is 0.416 e. The van der Waals surface area contributed by atoms with E-state index in [0.29, 0.717) is 101 Å². The molecular weight excluding hydrogens is 1170 g/mol. The number of hydrogen-bond acceptors (Lipinski definition) is 15. The zero-order valence-electron chi connectivity index (χ0n) is 46.6. The van der Waals surface area contributed by atoms with Crippen LogP contribution in [0.3, 0.4) is 0 Å². The Kier molecular flexibility index (Phi) is 17.7. The number of rotatable bonds is 9. The predicted octanol–water partition coefficient (Wildman–Crippen LogP) is 7.39. The van der Waals surface area contributed by atoms with Crippen LogP contribution in [0.15, 0.2) is 68.9 Å². The second kappa shape index (κ2) is 24.1. The number of anilines is 4. The van der Waals surface area contributed by atoms with Gasteiger partial charge in [0.15, 0.2) is 5.82 Å². The van der Waals surface area contributed by atoms with Gasteiger partial charge in [-0.05, 0) is 132 Å². The molecule has 4 amide bonds. The lowest BCUT2D eigenvalue weighted by molar-refractivity contribution is -0.138. The molecule has 0 radical (unpaired) electrons. The third kappa shape index (κ3) is 14.6. The lowest BCUT2D eigenvalue weighted by Crippen LogP contribution is -2.51. The Balaban J connectivity index is 0.000000219. The molecule has 2 saturated heterocycles. The van der Waals surface area contributed by atoms with E-state index >= 15 is 0 Å². The first-order chi connectivity index (χ1) is 38.8. The predicted molar refractivity (Wildman–Crippen MR) is 295 cm³/mol. The van der Waals surface area contributed by atoms with Gasteiger partial charge in [-0.1, -0.05) is 6.08 Å². The molecule has 0 atom stereocenters. The number of halogens is 7. The van der Waals surface area contributed by atoms with Crippen LogP contribution in [0, 0.1) is 13.8 Å². The van der Waals surface area contributed by atoms with Crippen LogP contribution < -0.4 is 31.6 Å². The molecule has 0 unspecified atom stereocenters. The Bertz CT molecular complexity index is 3570. The van der Waals surface area contributed by atoms with E-state index in [-0.39, 0.29) is 40.8 Å². The van der Waals surface area contributed by atoms with E-state index in [4.69, 9.17) is 14.2 Å². The van der Waals surface area contributed by atoms with Gasteiger partial charge in [-0.25, -0.2) is 9.59 Å². The van der Waals surface area contributed by atoms with Gasteiger partial charge in [-0.15, -0.1) is 10.2 Å². The molecule has 0 spiro atoms. The first-order valence-corrected chi connectivity index (χ1v) is 27.0. The van der Waals surface area contributed by atoms with Crippen LogP contribution in [0.25, 0.3) is 17.1 Å². The third-order valence-electron chi connectivity index (χ3n) is 13.3. The van der Waals surface area contributed by atoms with Crippen molar-refractivity contribution in [3.63, 3.8) is 0 Å². The molecule has 0 saturated carbocycles. The number of nitrogens with one attached hydrogen (secondary N) is 2. The SMILES string of the molecule is Cc1c(N2CCN(C(=O)OC(C)(C)C)CC2)c(=O)n2nc(Br)nc2n1CC(=O)Nc1ccc(C(F)(F)F)cc1.Cc1c(N2CCN(C(=O)OC(C)(C)C)CC2)c(=O)n2nc(C3=CCOCC3)nc2n1CC(=O)Nc1ccc(C(F)(F)F)cc1. The maximum atomic E-state index is 13.9. The van der Waals surface area contributed by atoms with Crippen molar-refractivity contribution in [2.24, 2.45) is 0 Å². The molecule has 0 bridgehead atoms. The molecule has 30 heteroatoms. The average Bonchev–Trinajstić information content (AvgIpc) is 2.70. The third-order valence-corrected chi connectivity index (χ3v) is 13.6. The van der Waals surface area contributed by atoms with Gasteiger partial charge >= 0.3 is 24.5 Å². The summed E-state index contributed by atoms with van der Waals surface area (Å²) in [7, 11) is 0. The lowest BCUT2D eigenvalue weighted by atomic mass is 10.1. The fourth-order valence-corrected chi connectivity index (χ4v) is 9.61. The molecule has 0 aliphatic carbocycles. The van der Waals surface area contributed by atoms with Crippen molar-refractivity contribution in [3.8, 4) is 0 Å². The van der Waals surface area contributed by atoms with Crippen LogP contribution >= 0.6 is 15.9 Å². The van der Waals surface area contributed by atoms with Gasteiger partial charge in [0.2, 0.25) is 28.1 Å². The standard InChI is InChI=1S/C29H34F3N7O5.C24H27BrF3N7O4/c1-18-23(36-11-13-37(14-12-36)27(42)44-28(2,3)4)25(41)39-26(34-24(35-39)19-9-15-43-16-10-19)38(18)17-22(40)33-21-7-5-20(6-8-21)29(30,31)32;1-14-18(32-9-11-33(12-10-32)22(38)39-23(2,3)4)19(37)35-21(30-20(25)31-35)34(14)13-17(36)29-16-7-5-15(6-8-16)24(26,27)28/h5-9H,10-17H2,1-4H3,(H,33,40);5-8H,9-13H2,1-4H3,(H,29,36). The van der Waals surface area contributed by atoms with E-state index in [2.05, 4.69) is 46.7 Å². The van der Waals surface area contributed by atoms with E-state index in [9.17, 15) is 55.1 Å². The molecule has 7 heterocycles. The number of nitrogens with zero attached hydrogens (tertiary/aromatic N) is 12. The van der Waals surface area contributed by atoms with Gasteiger partial charge in [0.05, 0.1) is 24.3 Å². The van der Waals surface area contributed by atoms with Crippen molar-refractivity contribution in [2.75, 3.05) is 86.0 Å². The summed E-state index contributed by atoms with van der Waals surface area (Å²) < 4.78 is 99.2. The Hall–Kier alpha value is -8.02. The zero-order valence-corrected chi connectivity index (χ0v) is 48.2. The quantitative estimate of drug-likeness (QED) is 0.134. The van der Waals surface area contributed by atoms with Crippen molar-refractivity contribution < 1.29 is 59.7 Å². The minimum absolute atomic E-state index is 0.114. The monoisotopic (exact) mass is 1230 g/mol. The number of hydrogen-bond donors (Lipinski definition) is 2. The van der Waals surface area contributed by atoms with Crippen LogP contribution in [0.4, 0.5) is 58.7 Å². The number of piperazine rings is 2. The first-order valence-electron chi connectivity index (χ1n) is 26.2. The molecule has 3 aliphatic rings. The molecule has 4 aromatic heterocycles. The van der Waals surface area contributed by atoms with Gasteiger partial charge in [-0.3, -0.25) is 19.2 Å². The van der Waals surface area contributed by atoms with Crippen molar-refractivity contribution in [2.45, 2.75) is 98.5 Å². The highest BCUT2D eigenvalue weighted by molar-refractivity contribution is 9.10. The van der Waals surface area contributed by atoms with Crippen LogP contribution in [0.5, 0.6) is 0 Å². The summed E-state index contributed by atoms with van der Waals surface area (Å²) in [6, 6.07) is 8.22. The molecule has 2 fully saturated rings. The summed E-state index contributed by atoms with van der Waals surface area (Å²) in [6.45, 7) is 17.0. The highest BCUT2D eigenvalue weighted by Crippen LogP contribution is 2.32. The number of fused-ring (bicyclic) bond motifs is 2. The summed E-state index contributed by atoms with van der Waals surface area (Å²) in [5.41, 5.74) is -1.12. The van der Waals surface area contributed by atoms with Crippen molar-refractivity contribution in [1.29, 1.82) is 0 Å². The van der Waals surface area contributed by atoms with Crippen LogP contribution in [-0.2, 0) is 49.2 Å². The fraction of sp³-hybridized carbons (Fsp3) is 0.472. The summed E-state index contributed by atoms with van der Waals surface area (Å²) in [4.78, 5) is 94.0. The fourth-order valence-electron chi connectivity index (χ4n) is 9.30. The van der Waals surface area contributed by atoms with E-state index in [1.807, 2.05) is 15.9 Å². The van der Waals surface area contributed by atoms with Crippen LogP contribution in [0.2, 0.25) is 0 Å². The number of aromatic nitrogens is 8. The Labute approximate surface area is 478 Å². The van der Waals surface area contributed by atoms with Gasteiger partial charge in [-0.2, -0.15) is 45.3 Å². The van der Waals surface area contributed by atoms with Crippen LogP contribution in [0.1, 0.15) is 76.3 Å². The number of benzene rings is 2. The number of carbonyl (C=O) groups excluding carboxylic acids is 4. The van der Waals surface area contributed by atoms with E-state index in [1.54, 1.807) is 69.8 Å². The van der Waals surface area contributed by atoms with Gasteiger partial charge in [0.1, 0.15) is 35.7 Å². The maximum absolute atomic E-state index is 13.9. The van der Waals surface area contributed by atoms with Crippen molar-refractivity contribution in [3.05, 3.63) is 108 Å². The van der Waals surface area contributed by atoms with Crippen LogP contribution in [-0.4, -0.2) is 149 Å². The second-order valence-electron chi connectivity index (χ2n) is 21.6.